The zero-order valence-electron chi connectivity index (χ0n) is 6.94. The predicted molar refractivity (Wildman–Crippen MR) is 44.0 cm³/mol. The van der Waals surface area contributed by atoms with Crippen LogP contribution < -0.4 is 10.1 Å². The van der Waals surface area contributed by atoms with Crippen molar-refractivity contribution in [3.63, 3.8) is 0 Å². The molecule has 1 heterocycles. The van der Waals surface area contributed by atoms with Crippen LogP contribution in [0.25, 0.3) is 0 Å². The number of hydrogen-bond acceptors (Lipinski definition) is 4. The third-order valence-corrected chi connectivity index (χ3v) is 1.26. The van der Waals surface area contributed by atoms with Crippen molar-refractivity contribution in [2.24, 2.45) is 0 Å². The molecule has 1 aromatic heterocycles. The number of pyridine rings is 1. The average Bonchev–Trinajstić information content (AvgIpc) is 2.18. The third-order valence-electron chi connectivity index (χ3n) is 1.26. The van der Waals surface area contributed by atoms with Gasteiger partial charge >= 0.3 is 6.09 Å². The Morgan fingerprint density at radius 1 is 1.69 bits per heavy atom. The smallest absolute Gasteiger partial charge is 0.409 e. The van der Waals surface area contributed by atoms with Gasteiger partial charge in [0.15, 0.2) is 5.75 Å². The van der Waals surface area contributed by atoms with E-state index in [1.165, 1.54) is 25.5 Å². The second-order valence-electron chi connectivity index (χ2n) is 2.16. The molecule has 0 fully saturated rings. The van der Waals surface area contributed by atoms with Crippen molar-refractivity contribution in [3.8, 4) is 11.8 Å². The summed E-state index contributed by atoms with van der Waals surface area (Å²) in [4.78, 5) is 14.5. The number of carbonyl (C=O) groups is 1. The lowest BCUT2D eigenvalue weighted by molar-refractivity contribution is 0.203. The molecule has 5 nitrogen and oxygen atoms in total. The lowest BCUT2D eigenvalue weighted by Crippen LogP contribution is -2.22. The zero-order chi connectivity index (χ0) is 9.68. The lowest BCUT2D eigenvalue weighted by atomic mass is 10.3. The first-order chi connectivity index (χ1) is 6.26. The molecule has 0 aliphatic heterocycles. The minimum Gasteiger partial charge on any atom is -0.409 e. The van der Waals surface area contributed by atoms with E-state index in [-0.39, 0.29) is 5.75 Å². The number of nitriles is 1. The number of rotatable bonds is 1. The van der Waals surface area contributed by atoms with E-state index in [9.17, 15) is 4.79 Å². The number of nitrogens with one attached hydrogen (secondary N) is 1. The van der Waals surface area contributed by atoms with Gasteiger partial charge in [0.1, 0.15) is 6.07 Å². The van der Waals surface area contributed by atoms with Crippen molar-refractivity contribution < 1.29 is 9.53 Å². The maximum atomic E-state index is 10.7. The van der Waals surface area contributed by atoms with Gasteiger partial charge in [-0.2, -0.15) is 5.26 Å². The molecule has 66 valence electrons. The first-order valence-electron chi connectivity index (χ1n) is 3.51. The van der Waals surface area contributed by atoms with Crippen LogP contribution in [0.2, 0.25) is 0 Å². The van der Waals surface area contributed by atoms with Crippen molar-refractivity contribution in [3.05, 3.63) is 24.0 Å². The second-order valence-corrected chi connectivity index (χ2v) is 2.16. The van der Waals surface area contributed by atoms with E-state index in [4.69, 9.17) is 10.00 Å². The Bertz CT molecular complexity index is 357. The Balaban J connectivity index is 2.79. The van der Waals surface area contributed by atoms with Gasteiger partial charge in [0.2, 0.25) is 0 Å². The van der Waals surface area contributed by atoms with Gasteiger partial charge < -0.3 is 10.1 Å². The SMILES string of the molecule is CNC(=O)Oc1cncc(C#N)c1. The standard InChI is InChI=1S/C8H7N3O2/c1-10-8(12)13-7-2-6(3-9)4-11-5-7/h2,4-5H,1H3,(H,10,12). The maximum absolute atomic E-state index is 10.7. The highest BCUT2D eigenvalue weighted by Gasteiger charge is 2.01. The van der Waals surface area contributed by atoms with Gasteiger partial charge in [-0.05, 0) is 0 Å². The number of ether oxygens (including phenoxy) is 1. The monoisotopic (exact) mass is 177 g/mol. The van der Waals surface area contributed by atoms with Crippen molar-refractivity contribution >= 4 is 6.09 Å². The average molecular weight is 177 g/mol. The number of aromatic nitrogens is 1. The summed E-state index contributed by atoms with van der Waals surface area (Å²) >= 11 is 0. The molecular weight excluding hydrogens is 170 g/mol. The van der Waals surface area contributed by atoms with Gasteiger partial charge in [-0.3, -0.25) is 4.98 Å². The molecule has 1 aromatic rings. The summed E-state index contributed by atoms with van der Waals surface area (Å²) in [5.74, 6) is 0.249. The summed E-state index contributed by atoms with van der Waals surface area (Å²) in [6.07, 6.45) is 2.16. The molecule has 5 heteroatoms. The normalized spacial score (nSPS) is 8.62. The summed E-state index contributed by atoms with van der Waals surface area (Å²) in [6, 6.07) is 3.32. The molecular formula is C8H7N3O2. The van der Waals surface area contributed by atoms with E-state index in [0.717, 1.165) is 0 Å². The van der Waals surface area contributed by atoms with E-state index in [2.05, 4.69) is 10.3 Å². The fourth-order valence-electron chi connectivity index (χ4n) is 0.694. The molecule has 0 saturated heterocycles. The van der Waals surface area contributed by atoms with E-state index in [1.807, 2.05) is 6.07 Å². The van der Waals surface area contributed by atoms with Crippen LogP contribution in [0.3, 0.4) is 0 Å². The highest BCUT2D eigenvalue weighted by Crippen LogP contribution is 2.09. The van der Waals surface area contributed by atoms with Gasteiger partial charge in [0.25, 0.3) is 0 Å². The highest BCUT2D eigenvalue weighted by molar-refractivity contribution is 5.69. The van der Waals surface area contributed by atoms with Crippen molar-refractivity contribution in [2.45, 2.75) is 0 Å². The first-order valence-corrected chi connectivity index (χ1v) is 3.51. The van der Waals surface area contributed by atoms with Crippen LogP contribution >= 0.6 is 0 Å². The van der Waals surface area contributed by atoms with Gasteiger partial charge in [0, 0.05) is 19.3 Å². The summed E-state index contributed by atoms with van der Waals surface area (Å²) in [5.41, 5.74) is 0.349. The van der Waals surface area contributed by atoms with Crippen LogP contribution in [0.15, 0.2) is 18.5 Å². The summed E-state index contributed by atoms with van der Waals surface area (Å²) in [6.45, 7) is 0. The molecule has 0 aromatic carbocycles. The number of nitrogens with zero attached hydrogens (tertiary/aromatic N) is 2. The molecule has 1 amide bonds. The Labute approximate surface area is 75.0 Å². The molecule has 0 atom stereocenters. The molecule has 1 N–H and O–H groups in total. The summed E-state index contributed by atoms with van der Waals surface area (Å²) in [7, 11) is 1.45. The summed E-state index contributed by atoms with van der Waals surface area (Å²) < 4.78 is 4.74. The number of hydrogen-bond donors (Lipinski definition) is 1. The Morgan fingerprint density at radius 3 is 3.08 bits per heavy atom. The van der Waals surface area contributed by atoms with Crippen molar-refractivity contribution in [1.82, 2.24) is 10.3 Å². The molecule has 1 rings (SSSR count). The minimum absolute atomic E-state index is 0.249. The van der Waals surface area contributed by atoms with Crippen molar-refractivity contribution in [1.29, 1.82) is 5.26 Å². The van der Waals surface area contributed by atoms with Crippen LogP contribution in [0.4, 0.5) is 4.79 Å². The van der Waals surface area contributed by atoms with Crippen LogP contribution in [0.5, 0.6) is 5.75 Å². The van der Waals surface area contributed by atoms with E-state index < -0.39 is 6.09 Å². The maximum Gasteiger partial charge on any atom is 0.412 e. The molecule has 0 saturated carbocycles. The number of carbonyl (C=O) groups excluding carboxylic acids is 1. The molecule has 0 unspecified atom stereocenters. The number of amides is 1. The Hall–Kier alpha value is -2.09. The molecule has 0 bridgehead atoms. The predicted octanol–water partition coefficient (Wildman–Crippen LogP) is 0.671. The van der Waals surface area contributed by atoms with Gasteiger partial charge in [-0.1, -0.05) is 0 Å². The highest BCUT2D eigenvalue weighted by atomic mass is 16.6. The van der Waals surface area contributed by atoms with Gasteiger partial charge in [-0.25, -0.2) is 4.79 Å². The molecule has 0 spiro atoms. The molecule has 0 aliphatic rings. The van der Waals surface area contributed by atoms with Crippen molar-refractivity contribution in [2.75, 3.05) is 7.05 Å². The fraction of sp³-hybridized carbons (Fsp3) is 0.125. The topological polar surface area (TPSA) is 75.0 Å². The van der Waals surface area contributed by atoms with E-state index in [0.29, 0.717) is 5.56 Å². The van der Waals surface area contributed by atoms with Crippen LogP contribution in [-0.2, 0) is 0 Å². The largest absolute Gasteiger partial charge is 0.412 e. The molecule has 0 aliphatic carbocycles. The zero-order valence-corrected chi connectivity index (χ0v) is 6.94. The van der Waals surface area contributed by atoms with Crippen LogP contribution in [-0.4, -0.2) is 18.1 Å². The van der Waals surface area contributed by atoms with Crippen LogP contribution in [0.1, 0.15) is 5.56 Å². The van der Waals surface area contributed by atoms with Crippen LogP contribution in [0, 0.1) is 11.3 Å². The van der Waals surface area contributed by atoms with Gasteiger partial charge in [0.05, 0.1) is 11.8 Å². The Kier molecular flexibility index (Phi) is 2.82. The Morgan fingerprint density at radius 2 is 2.46 bits per heavy atom. The lowest BCUT2D eigenvalue weighted by Gasteiger charge is -2.01. The second kappa shape index (κ2) is 4.07. The molecule has 13 heavy (non-hydrogen) atoms. The van der Waals surface area contributed by atoms with Gasteiger partial charge in [-0.15, -0.1) is 0 Å². The van der Waals surface area contributed by atoms with E-state index >= 15 is 0 Å². The van der Waals surface area contributed by atoms with E-state index in [1.54, 1.807) is 0 Å². The fourth-order valence-corrected chi connectivity index (χ4v) is 0.694. The molecule has 0 radical (unpaired) electrons. The summed E-state index contributed by atoms with van der Waals surface area (Å²) in [5, 5.41) is 10.8. The third kappa shape index (κ3) is 2.45. The minimum atomic E-state index is -0.586. The first kappa shape index (κ1) is 9.00. The quantitative estimate of drug-likeness (QED) is 0.684.